The molecule has 0 aromatic heterocycles. The molecule has 0 aromatic carbocycles. The normalized spacial score (nSPS) is 67.8. The molecular weight excluding hydrogens is 228 g/mol. The van der Waals surface area contributed by atoms with Crippen molar-refractivity contribution in [1.82, 2.24) is 0 Å². The van der Waals surface area contributed by atoms with Crippen LogP contribution in [-0.2, 0) is 9.53 Å². The monoisotopic (exact) mass is 248 g/mol. The number of ketones is 1. The second-order valence-electron chi connectivity index (χ2n) is 7.52. The highest BCUT2D eigenvalue weighted by Gasteiger charge is 2.91. The first-order chi connectivity index (χ1) is 8.56. The molecule has 6 fully saturated rings. The molecule has 7 atom stereocenters. The van der Waals surface area contributed by atoms with Gasteiger partial charge in [-0.25, -0.2) is 0 Å². The summed E-state index contributed by atoms with van der Waals surface area (Å²) in [5, 5.41) is 10.3. The van der Waals surface area contributed by atoms with E-state index in [2.05, 4.69) is 0 Å². The number of aliphatic hydroxyl groups is 1. The molecule has 0 radical (unpaired) electrons. The van der Waals surface area contributed by atoms with Gasteiger partial charge in [-0.2, -0.15) is 0 Å². The van der Waals surface area contributed by atoms with Crippen LogP contribution in [0.25, 0.3) is 0 Å². The lowest BCUT2D eigenvalue weighted by Crippen LogP contribution is -2.88. The topological polar surface area (TPSA) is 46.5 Å². The fourth-order valence-electron chi connectivity index (χ4n) is 6.84. The SMILES string of the molecule is CC12OC34C(CC1O)C1CCCCC13CC(=O)C24. The average Bonchev–Trinajstić information content (AvgIpc) is 2.47. The maximum Gasteiger partial charge on any atom is 0.142 e. The molecule has 3 nitrogen and oxygen atoms in total. The lowest BCUT2D eigenvalue weighted by molar-refractivity contribution is -0.466. The van der Waals surface area contributed by atoms with Crippen LogP contribution in [-0.4, -0.2) is 28.2 Å². The molecule has 18 heavy (non-hydrogen) atoms. The van der Waals surface area contributed by atoms with Crippen molar-refractivity contribution in [1.29, 1.82) is 0 Å². The van der Waals surface area contributed by atoms with E-state index in [0.29, 0.717) is 17.6 Å². The smallest absolute Gasteiger partial charge is 0.142 e. The summed E-state index contributed by atoms with van der Waals surface area (Å²) in [5.41, 5.74) is -0.514. The summed E-state index contributed by atoms with van der Waals surface area (Å²) in [6.07, 6.45) is 6.16. The van der Waals surface area contributed by atoms with Crippen molar-refractivity contribution < 1.29 is 14.6 Å². The van der Waals surface area contributed by atoms with Gasteiger partial charge < -0.3 is 9.84 Å². The summed E-state index contributed by atoms with van der Waals surface area (Å²) >= 11 is 0. The van der Waals surface area contributed by atoms with Gasteiger partial charge in [-0.1, -0.05) is 12.8 Å². The second kappa shape index (κ2) is 2.57. The highest BCUT2D eigenvalue weighted by Crippen LogP contribution is 2.83. The molecule has 0 aromatic rings. The van der Waals surface area contributed by atoms with Gasteiger partial charge >= 0.3 is 0 Å². The number of carbonyl (C=O) groups excluding carboxylic acids is 1. The van der Waals surface area contributed by atoms with Crippen LogP contribution in [0.2, 0.25) is 0 Å². The van der Waals surface area contributed by atoms with Gasteiger partial charge in [0.15, 0.2) is 0 Å². The van der Waals surface area contributed by atoms with Crippen LogP contribution < -0.4 is 0 Å². The summed E-state index contributed by atoms with van der Waals surface area (Å²) in [6, 6.07) is 0. The predicted octanol–water partition coefficient (Wildman–Crippen LogP) is 1.67. The highest BCUT2D eigenvalue weighted by atomic mass is 16.6. The maximum absolute atomic E-state index is 12.5. The van der Waals surface area contributed by atoms with Crippen LogP contribution in [0.1, 0.15) is 45.4 Å². The van der Waals surface area contributed by atoms with E-state index in [-0.39, 0.29) is 16.9 Å². The van der Waals surface area contributed by atoms with Gasteiger partial charge in [0.05, 0.1) is 17.6 Å². The molecule has 1 N–H and O–H groups in total. The Hall–Kier alpha value is -0.410. The highest BCUT2D eigenvalue weighted by molar-refractivity contribution is 5.90. The Morgan fingerprint density at radius 3 is 3.00 bits per heavy atom. The van der Waals surface area contributed by atoms with Gasteiger partial charge in [0, 0.05) is 11.8 Å². The minimum atomic E-state index is -0.556. The summed E-state index contributed by atoms with van der Waals surface area (Å²) in [7, 11) is 0. The van der Waals surface area contributed by atoms with Crippen molar-refractivity contribution in [3.05, 3.63) is 0 Å². The van der Waals surface area contributed by atoms with Gasteiger partial charge in [0.2, 0.25) is 0 Å². The molecule has 7 unspecified atom stereocenters. The molecule has 6 aliphatic rings. The van der Waals surface area contributed by atoms with Crippen LogP contribution in [0.15, 0.2) is 0 Å². The fourth-order valence-corrected chi connectivity index (χ4v) is 6.84. The number of Topliss-reactive ketones (excluding diaryl/α,β-unsaturated/α-hetero) is 1. The van der Waals surface area contributed by atoms with Crippen LogP contribution in [0.3, 0.4) is 0 Å². The maximum atomic E-state index is 12.5. The molecule has 98 valence electrons. The van der Waals surface area contributed by atoms with E-state index < -0.39 is 11.7 Å². The quantitative estimate of drug-likeness (QED) is 0.709. The molecule has 2 heterocycles. The summed E-state index contributed by atoms with van der Waals surface area (Å²) in [4.78, 5) is 12.5. The minimum absolute atomic E-state index is 0.00750. The van der Waals surface area contributed by atoms with Crippen LogP contribution in [0.4, 0.5) is 0 Å². The summed E-state index contributed by atoms with van der Waals surface area (Å²) in [6.45, 7) is 1.96. The number of aliphatic hydroxyl groups excluding tert-OH is 1. The van der Waals surface area contributed by atoms with Crippen molar-refractivity contribution in [3.8, 4) is 0 Å². The second-order valence-corrected chi connectivity index (χ2v) is 7.52. The van der Waals surface area contributed by atoms with Crippen molar-refractivity contribution in [2.24, 2.45) is 23.2 Å². The van der Waals surface area contributed by atoms with Crippen molar-refractivity contribution in [3.63, 3.8) is 0 Å². The first-order valence-corrected chi connectivity index (χ1v) is 7.47. The Morgan fingerprint density at radius 1 is 1.33 bits per heavy atom. The Balaban J connectivity index is 1.69. The van der Waals surface area contributed by atoms with Gasteiger partial charge in [-0.15, -0.1) is 0 Å². The van der Waals surface area contributed by atoms with Crippen LogP contribution >= 0.6 is 0 Å². The largest absolute Gasteiger partial charge is 0.390 e. The van der Waals surface area contributed by atoms with E-state index in [1.54, 1.807) is 0 Å². The molecule has 2 spiro atoms. The number of ether oxygens (including phenoxy) is 1. The van der Waals surface area contributed by atoms with Crippen LogP contribution in [0.5, 0.6) is 0 Å². The molecule has 2 saturated heterocycles. The standard InChI is InChI=1S/C15H20O3/c1-13-11(17)6-9-8-4-2-3-5-14(8)7-10(16)12(13)15(9,14)18-13/h8-9,11-12,17H,2-7H2,1H3. The first kappa shape index (κ1) is 10.4. The van der Waals surface area contributed by atoms with Gasteiger partial charge in [-0.05, 0) is 38.0 Å². The zero-order chi connectivity index (χ0) is 12.3. The number of fused-ring (bicyclic) bond motifs is 1. The average molecular weight is 248 g/mol. The third-order valence-corrected chi connectivity index (χ3v) is 7.25. The molecule has 4 aliphatic carbocycles. The summed E-state index contributed by atoms with van der Waals surface area (Å²) < 4.78 is 6.31. The Labute approximate surface area is 107 Å². The molecule has 3 heteroatoms. The first-order valence-electron chi connectivity index (χ1n) is 7.47. The van der Waals surface area contributed by atoms with E-state index in [4.69, 9.17) is 4.74 Å². The van der Waals surface area contributed by atoms with E-state index in [0.717, 1.165) is 12.8 Å². The van der Waals surface area contributed by atoms with Gasteiger partial charge in [-0.3, -0.25) is 4.79 Å². The van der Waals surface area contributed by atoms with E-state index in [9.17, 15) is 9.90 Å². The Morgan fingerprint density at radius 2 is 2.17 bits per heavy atom. The zero-order valence-corrected chi connectivity index (χ0v) is 10.8. The number of rotatable bonds is 0. The molecule has 2 bridgehead atoms. The number of carbonyl (C=O) groups is 1. The lowest BCUT2D eigenvalue weighted by atomic mass is 9.33. The van der Waals surface area contributed by atoms with E-state index in [1.807, 2.05) is 6.92 Å². The Kier molecular flexibility index (Phi) is 1.48. The number of hydrogen-bond acceptors (Lipinski definition) is 3. The van der Waals surface area contributed by atoms with E-state index >= 15 is 0 Å². The molecule has 6 rings (SSSR count). The fraction of sp³-hybridized carbons (Fsp3) is 0.933. The molecular formula is C15H20O3. The van der Waals surface area contributed by atoms with Crippen molar-refractivity contribution in [2.75, 3.05) is 0 Å². The number of hydrogen-bond donors (Lipinski definition) is 1. The van der Waals surface area contributed by atoms with Gasteiger partial charge in [0.25, 0.3) is 0 Å². The molecule has 0 amide bonds. The zero-order valence-electron chi connectivity index (χ0n) is 10.8. The molecule has 2 aliphatic heterocycles. The van der Waals surface area contributed by atoms with E-state index in [1.165, 1.54) is 25.7 Å². The predicted molar refractivity (Wildman–Crippen MR) is 63.8 cm³/mol. The Bertz CT molecular complexity index is 474. The molecule has 4 saturated carbocycles. The lowest BCUT2D eigenvalue weighted by Gasteiger charge is -2.81. The third-order valence-electron chi connectivity index (χ3n) is 7.25. The van der Waals surface area contributed by atoms with Crippen molar-refractivity contribution in [2.45, 2.75) is 62.8 Å². The van der Waals surface area contributed by atoms with Crippen molar-refractivity contribution >= 4 is 5.78 Å². The third kappa shape index (κ3) is 0.685. The van der Waals surface area contributed by atoms with Gasteiger partial charge in [0.1, 0.15) is 11.4 Å². The summed E-state index contributed by atoms with van der Waals surface area (Å²) in [5.74, 6) is 1.51. The van der Waals surface area contributed by atoms with Crippen LogP contribution in [0, 0.1) is 23.2 Å². The minimum Gasteiger partial charge on any atom is -0.390 e.